The van der Waals surface area contributed by atoms with E-state index in [1.54, 1.807) is 19.1 Å². The minimum Gasteiger partial charge on any atom is -0.493 e. The van der Waals surface area contributed by atoms with Crippen LogP contribution in [0.4, 0.5) is 0 Å². The summed E-state index contributed by atoms with van der Waals surface area (Å²) in [5.74, 6) is 6.25. The number of hydrogen-bond donors (Lipinski definition) is 2. The Morgan fingerprint density at radius 3 is 2.93 bits per heavy atom. The van der Waals surface area contributed by atoms with E-state index in [9.17, 15) is 9.90 Å². The van der Waals surface area contributed by atoms with Crippen LogP contribution in [0.2, 0.25) is 0 Å². The van der Waals surface area contributed by atoms with Crippen molar-refractivity contribution in [3.05, 3.63) is 45.4 Å². The number of primary amides is 1. The Hall–Kier alpha value is -3.22. The van der Waals surface area contributed by atoms with Gasteiger partial charge >= 0.3 is 0 Å². The van der Waals surface area contributed by atoms with E-state index in [2.05, 4.69) is 27.0 Å². The molecular formula is C19H16N4O4S. The second kappa shape index (κ2) is 6.74. The molecule has 28 heavy (non-hydrogen) atoms. The molecule has 142 valence electrons. The van der Waals surface area contributed by atoms with Crippen molar-refractivity contribution in [1.29, 1.82) is 0 Å². The second-order valence-corrected chi connectivity index (χ2v) is 7.51. The van der Waals surface area contributed by atoms with Crippen molar-refractivity contribution in [3.63, 3.8) is 0 Å². The predicted octanol–water partition coefficient (Wildman–Crippen LogP) is 1.79. The molecule has 0 spiro atoms. The third-order valence-corrected chi connectivity index (χ3v) is 5.27. The Morgan fingerprint density at radius 2 is 2.21 bits per heavy atom. The van der Waals surface area contributed by atoms with Gasteiger partial charge < -0.3 is 20.1 Å². The smallest absolute Gasteiger partial charge is 0.277 e. The van der Waals surface area contributed by atoms with Gasteiger partial charge in [-0.1, -0.05) is 17.0 Å². The van der Waals surface area contributed by atoms with Gasteiger partial charge in [0.25, 0.3) is 5.91 Å². The first-order chi connectivity index (χ1) is 13.3. The molecule has 3 heterocycles. The number of carbonyl (C=O) groups is 1. The van der Waals surface area contributed by atoms with E-state index in [1.807, 2.05) is 6.07 Å². The summed E-state index contributed by atoms with van der Waals surface area (Å²) in [4.78, 5) is 20.8. The summed E-state index contributed by atoms with van der Waals surface area (Å²) in [5.41, 5.74) is 5.87. The molecule has 2 aromatic heterocycles. The number of aryl methyl sites for hydroxylation is 1. The Morgan fingerprint density at radius 1 is 1.39 bits per heavy atom. The highest BCUT2D eigenvalue weighted by Gasteiger charge is 2.27. The molecule has 1 aliphatic heterocycles. The van der Waals surface area contributed by atoms with Gasteiger partial charge in [0.05, 0.1) is 12.3 Å². The third kappa shape index (κ3) is 3.35. The average Bonchev–Trinajstić information content (AvgIpc) is 3.24. The number of rotatable bonds is 2. The molecule has 8 nitrogen and oxygen atoms in total. The van der Waals surface area contributed by atoms with Crippen molar-refractivity contribution < 1.29 is 19.2 Å². The highest BCUT2D eigenvalue weighted by Crippen LogP contribution is 2.38. The lowest BCUT2D eigenvalue weighted by Gasteiger charge is -2.10. The Bertz CT molecular complexity index is 1140. The van der Waals surface area contributed by atoms with E-state index in [0.29, 0.717) is 35.9 Å². The number of aromatic nitrogens is 3. The van der Waals surface area contributed by atoms with Crippen molar-refractivity contribution in [1.82, 2.24) is 15.1 Å². The summed E-state index contributed by atoms with van der Waals surface area (Å²) in [6.07, 6.45) is 0.641. The fourth-order valence-corrected chi connectivity index (χ4v) is 3.66. The largest absolute Gasteiger partial charge is 0.493 e. The molecule has 1 aromatic carbocycles. The molecule has 0 saturated carbocycles. The number of amides is 1. The predicted molar refractivity (Wildman–Crippen MR) is 101 cm³/mol. The molecule has 0 bridgehead atoms. The van der Waals surface area contributed by atoms with E-state index in [0.717, 1.165) is 10.4 Å². The number of thiazole rings is 1. The molecule has 3 aromatic rings. The molecule has 4 rings (SSSR count). The van der Waals surface area contributed by atoms with Crippen molar-refractivity contribution in [2.75, 3.05) is 6.61 Å². The summed E-state index contributed by atoms with van der Waals surface area (Å²) in [6.45, 7) is 3.62. The molecule has 1 unspecified atom stereocenters. The number of ether oxygens (including phenoxy) is 1. The monoisotopic (exact) mass is 396 g/mol. The van der Waals surface area contributed by atoms with Crippen LogP contribution in [-0.4, -0.2) is 32.7 Å². The maximum Gasteiger partial charge on any atom is 0.277 e. The molecular weight excluding hydrogens is 380 g/mol. The van der Waals surface area contributed by atoms with Crippen molar-refractivity contribution in [2.45, 2.75) is 25.9 Å². The summed E-state index contributed by atoms with van der Waals surface area (Å²) in [7, 11) is 0. The Labute approximate surface area is 164 Å². The molecule has 1 aliphatic rings. The van der Waals surface area contributed by atoms with Crippen molar-refractivity contribution >= 4 is 17.2 Å². The van der Waals surface area contributed by atoms with Crippen LogP contribution in [0.15, 0.2) is 22.7 Å². The van der Waals surface area contributed by atoms with Gasteiger partial charge in [-0.15, -0.1) is 11.3 Å². The van der Waals surface area contributed by atoms with Crippen LogP contribution in [0, 0.1) is 18.8 Å². The van der Waals surface area contributed by atoms with Crippen LogP contribution in [0.1, 0.15) is 38.9 Å². The number of carbonyl (C=O) groups excluding carboxylic acids is 1. The normalized spacial score (nSPS) is 14.5. The van der Waals surface area contributed by atoms with Gasteiger partial charge in [0.1, 0.15) is 5.75 Å². The van der Waals surface area contributed by atoms with Crippen molar-refractivity contribution in [3.8, 4) is 28.8 Å². The van der Waals surface area contributed by atoms with Gasteiger partial charge in [0.2, 0.25) is 11.7 Å². The molecule has 0 fully saturated rings. The molecule has 1 atom stereocenters. The minimum atomic E-state index is -1.56. The fourth-order valence-electron chi connectivity index (χ4n) is 2.76. The number of benzene rings is 1. The number of nitrogens with zero attached hydrogens (tertiary/aromatic N) is 3. The number of fused-ring (bicyclic) bond motifs is 3. The zero-order valence-corrected chi connectivity index (χ0v) is 16.0. The number of nitrogens with two attached hydrogens (primary N) is 1. The molecule has 0 saturated heterocycles. The lowest BCUT2D eigenvalue weighted by molar-refractivity contribution is 0.0999. The first-order valence-electron chi connectivity index (χ1n) is 8.46. The molecule has 0 radical (unpaired) electrons. The van der Waals surface area contributed by atoms with Crippen LogP contribution < -0.4 is 10.5 Å². The average molecular weight is 396 g/mol. The Balaban J connectivity index is 1.73. The highest BCUT2D eigenvalue weighted by molar-refractivity contribution is 7.14. The van der Waals surface area contributed by atoms with E-state index in [-0.39, 0.29) is 10.8 Å². The first kappa shape index (κ1) is 18.2. The highest BCUT2D eigenvalue weighted by atomic mass is 32.1. The maximum atomic E-state index is 11.5. The maximum absolute atomic E-state index is 11.5. The van der Waals surface area contributed by atoms with E-state index >= 15 is 0 Å². The topological polar surface area (TPSA) is 124 Å². The van der Waals surface area contributed by atoms with E-state index < -0.39 is 11.5 Å². The van der Waals surface area contributed by atoms with Gasteiger partial charge in [-0.3, -0.25) is 4.79 Å². The zero-order chi connectivity index (χ0) is 19.9. The summed E-state index contributed by atoms with van der Waals surface area (Å²) in [6, 6.07) is 5.40. The second-order valence-electron chi connectivity index (χ2n) is 6.42. The molecule has 1 amide bonds. The SMILES string of the molecule is Cc1nc(C(C)(O)C#Cc2ccc3c(c2)-c2nc(C(N)=O)sc2CCO3)no1. The van der Waals surface area contributed by atoms with Gasteiger partial charge in [-0.25, -0.2) is 4.98 Å². The summed E-state index contributed by atoms with van der Waals surface area (Å²) >= 11 is 1.27. The summed E-state index contributed by atoms with van der Waals surface area (Å²) in [5, 5.41) is 14.5. The van der Waals surface area contributed by atoms with Crippen LogP contribution in [-0.2, 0) is 12.0 Å². The standard InChI is InChI=1S/C19H16N4O4S/c1-10-21-18(23-27-10)19(2,25)7-5-11-3-4-13-12(9-11)15-14(6-8-26-13)28-17(22-15)16(20)24/h3-4,9,25H,6,8H2,1-2H3,(H2,20,24). The van der Waals surface area contributed by atoms with Gasteiger partial charge in [-0.2, -0.15) is 4.98 Å². The first-order valence-corrected chi connectivity index (χ1v) is 9.28. The van der Waals surface area contributed by atoms with Crippen LogP contribution in [0.25, 0.3) is 11.3 Å². The van der Waals surface area contributed by atoms with Gasteiger partial charge in [0.15, 0.2) is 10.6 Å². The molecule has 0 aliphatic carbocycles. The fraction of sp³-hybridized carbons (Fsp3) is 0.263. The molecule has 9 heteroatoms. The quantitative estimate of drug-likeness (QED) is 0.633. The van der Waals surface area contributed by atoms with Gasteiger partial charge in [0, 0.05) is 29.3 Å². The van der Waals surface area contributed by atoms with E-state index in [4.69, 9.17) is 15.0 Å². The summed E-state index contributed by atoms with van der Waals surface area (Å²) < 4.78 is 10.7. The van der Waals surface area contributed by atoms with E-state index in [1.165, 1.54) is 18.3 Å². The van der Waals surface area contributed by atoms with Crippen LogP contribution >= 0.6 is 11.3 Å². The number of hydrogen-bond acceptors (Lipinski definition) is 8. The lowest BCUT2D eigenvalue weighted by atomic mass is 10.0. The lowest BCUT2D eigenvalue weighted by Crippen LogP contribution is -2.20. The Kier molecular flexibility index (Phi) is 4.37. The third-order valence-electron chi connectivity index (χ3n) is 4.14. The van der Waals surface area contributed by atoms with Crippen molar-refractivity contribution in [2.24, 2.45) is 5.73 Å². The van der Waals surface area contributed by atoms with Crippen LogP contribution in [0.3, 0.4) is 0 Å². The van der Waals surface area contributed by atoms with Crippen LogP contribution in [0.5, 0.6) is 5.75 Å². The number of aliphatic hydroxyl groups is 1. The minimum absolute atomic E-state index is 0.100. The zero-order valence-electron chi connectivity index (χ0n) is 15.1. The van der Waals surface area contributed by atoms with Gasteiger partial charge in [-0.05, 0) is 25.1 Å². The molecule has 3 N–H and O–H groups in total.